The van der Waals surface area contributed by atoms with Crippen LogP contribution in [0.3, 0.4) is 0 Å². The van der Waals surface area contributed by atoms with Gasteiger partial charge in [-0.1, -0.05) is 5.21 Å². The van der Waals surface area contributed by atoms with Gasteiger partial charge in [0.25, 0.3) is 0 Å². The van der Waals surface area contributed by atoms with Gasteiger partial charge in [-0.3, -0.25) is 4.68 Å². The summed E-state index contributed by atoms with van der Waals surface area (Å²) >= 11 is 0. The Morgan fingerprint density at radius 1 is 1.48 bits per heavy atom. The van der Waals surface area contributed by atoms with Crippen molar-refractivity contribution in [3.63, 3.8) is 0 Å². The van der Waals surface area contributed by atoms with Crippen LogP contribution in [0.15, 0.2) is 6.20 Å². The second-order valence-electron chi connectivity index (χ2n) is 6.41. The van der Waals surface area contributed by atoms with E-state index in [1.807, 2.05) is 20.8 Å². The molecule has 1 saturated heterocycles. The van der Waals surface area contributed by atoms with Gasteiger partial charge < -0.3 is 14.7 Å². The van der Waals surface area contributed by atoms with E-state index in [4.69, 9.17) is 9.84 Å². The van der Waals surface area contributed by atoms with Crippen LogP contribution in [-0.4, -0.2) is 49.3 Å². The maximum absolute atomic E-state index is 12.3. The van der Waals surface area contributed by atoms with Crippen LogP contribution < -0.4 is 0 Å². The van der Waals surface area contributed by atoms with Gasteiger partial charge in [0.1, 0.15) is 11.3 Å². The van der Waals surface area contributed by atoms with Gasteiger partial charge in [-0.2, -0.15) is 0 Å². The highest BCUT2D eigenvalue weighted by atomic mass is 16.6. The minimum atomic E-state index is -0.490. The Kier molecular flexibility index (Phi) is 4.82. The normalized spacial score (nSPS) is 19.6. The maximum Gasteiger partial charge on any atom is 0.410 e. The molecule has 1 aromatic heterocycles. The molecule has 1 atom stereocenters. The third-order valence-corrected chi connectivity index (χ3v) is 3.40. The molecule has 7 heteroatoms. The summed E-state index contributed by atoms with van der Waals surface area (Å²) in [6.07, 6.45) is 4.45. The van der Waals surface area contributed by atoms with Crippen LogP contribution in [-0.2, 0) is 17.9 Å². The number of aromatic nitrogens is 3. The SMILES string of the molecule is CC(C)(C)OC(=O)N1CCCCC1Cn1cc(CO)nn1. The van der Waals surface area contributed by atoms with E-state index in [9.17, 15) is 4.79 Å². The number of nitrogens with zero attached hydrogens (tertiary/aromatic N) is 4. The average molecular weight is 296 g/mol. The van der Waals surface area contributed by atoms with Gasteiger partial charge in [-0.25, -0.2) is 4.79 Å². The number of rotatable bonds is 3. The van der Waals surface area contributed by atoms with E-state index in [-0.39, 0.29) is 18.7 Å². The smallest absolute Gasteiger partial charge is 0.410 e. The van der Waals surface area contributed by atoms with Crippen LogP contribution >= 0.6 is 0 Å². The quantitative estimate of drug-likeness (QED) is 0.915. The first kappa shape index (κ1) is 15.8. The molecule has 0 aromatic carbocycles. The molecule has 7 nitrogen and oxygen atoms in total. The summed E-state index contributed by atoms with van der Waals surface area (Å²) in [5, 5.41) is 16.9. The summed E-state index contributed by atoms with van der Waals surface area (Å²) in [7, 11) is 0. The second-order valence-corrected chi connectivity index (χ2v) is 6.41. The van der Waals surface area contributed by atoms with Crippen molar-refractivity contribution in [3.05, 3.63) is 11.9 Å². The van der Waals surface area contributed by atoms with Crippen molar-refractivity contribution in [2.24, 2.45) is 0 Å². The standard InChI is InChI=1S/C14H24N4O3/c1-14(2,3)21-13(20)18-7-5-4-6-12(18)9-17-8-11(10-19)15-16-17/h8,12,19H,4-7,9-10H2,1-3H3. The average Bonchev–Trinajstić information content (AvgIpc) is 2.85. The van der Waals surface area contributed by atoms with E-state index in [1.165, 1.54) is 0 Å². The Labute approximate surface area is 124 Å². The molecule has 0 radical (unpaired) electrons. The highest BCUT2D eigenvalue weighted by Crippen LogP contribution is 2.21. The lowest BCUT2D eigenvalue weighted by molar-refractivity contribution is 0.00733. The molecule has 1 aromatic rings. The van der Waals surface area contributed by atoms with Gasteiger partial charge in [-0.05, 0) is 40.0 Å². The Hall–Kier alpha value is -1.63. The van der Waals surface area contributed by atoms with E-state index < -0.39 is 5.60 Å². The van der Waals surface area contributed by atoms with Crippen molar-refractivity contribution in [3.8, 4) is 0 Å². The summed E-state index contributed by atoms with van der Waals surface area (Å²) in [5.74, 6) is 0. The fourth-order valence-corrected chi connectivity index (χ4v) is 2.47. The minimum absolute atomic E-state index is 0.0573. The molecule has 1 unspecified atom stereocenters. The monoisotopic (exact) mass is 296 g/mol. The molecule has 1 N–H and O–H groups in total. The van der Waals surface area contributed by atoms with Gasteiger partial charge in [-0.15, -0.1) is 5.10 Å². The molecule has 1 aliphatic rings. The van der Waals surface area contributed by atoms with Crippen molar-refractivity contribution < 1.29 is 14.6 Å². The van der Waals surface area contributed by atoms with E-state index in [0.29, 0.717) is 18.8 Å². The van der Waals surface area contributed by atoms with Crippen LogP contribution in [0.5, 0.6) is 0 Å². The Morgan fingerprint density at radius 3 is 2.86 bits per heavy atom. The lowest BCUT2D eigenvalue weighted by Gasteiger charge is -2.36. The van der Waals surface area contributed by atoms with E-state index in [0.717, 1.165) is 19.3 Å². The van der Waals surface area contributed by atoms with Crippen molar-refractivity contribution in [2.45, 2.75) is 64.8 Å². The zero-order valence-electron chi connectivity index (χ0n) is 12.9. The summed E-state index contributed by atoms with van der Waals surface area (Å²) < 4.78 is 7.15. The minimum Gasteiger partial charge on any atom is -0.444 e. The number of ether oxygens (including phenoxy) is 1. The molecule has 0 aliphatic carbocycles. The molecule has 21 heavy (non-hydrogen) atoms. The van der Waals surface area contributed by atoms with Crippen molar-refractivity contribution in [1.82, 2.24) is 19.9 Å². The van der Waals surface area contributed by atoms with Crippen LogP contribution in [0.4, 0.5) is 4.79 Å². The number of carbonyl (C=O) groups excluding carboxylic acids is 1. The number of amides is 1. The highest BCUT2D eigenvalue weighted by molar-refractivity contribution is 5.68. The molecular weight excluding hydrogens is 272 g/mol. The molecule has 2 rings (SSSR count). The number of aliphatic hydroxyl groups excluding tert-OH is 1. The Balaban J connectivity index is 2.02. The summed E-state index contributed by atoms with van der Waals surface area (Å²) in [4.78, 5) is 14.1. The third kappa shape index (κ3) is 4.42. The fraction of sp³-hybridized carbons (Fsp3) is 0.786. The number of piperidine rings is 1. The maximum atomic E-state index is 12.3. The van der Waals surface area contributed by atoms with Crippen molar-refractivity contribution in [2.75, 3.05) is 6.54 Å². The predicted molar refractivity (Wildman–Crippen MR) is 76.5 cm³/mol. The molecular formula is C14H24N4O3. The van der Waals surface area contributed by atoms with Crippen molar-refractivity contribution >= 4 is 6.09 Å². The van der Waals surface area contributed by atoms with E-state index in [2.05, 4.69) is 10.3 Å². The zero-order chi connectivity index (χ0) is 15.5. The topological polar surface area (TPSA) is 80.5 Å². The van der Waals surface area contributed by atoms with E-state index in [1.54, 1.807) is 15.8 Å². The molecule has 0 saturated carbocycles. The highest BCUT2D eigenvalue weighted by Gasteiger charge is 2.30. The second kappa shape index (κ2) is 6.43. The van der Waals surface area contributed by atoms with E-state index >= 15 is 0 Å². The lowest BCUT2D eigenvalue weighted by Crippen LogP contribution is -2.47. The molecule has 1 amide bonds. The molecule has 1 aliphatic heterocycles. The lowest BCUT2D eigenvalue weighted by atomic mass is 10.0. The number of hydrogen-bond acceptors (Lipinski definition) is 5. The molecule has 0 bridgehead atoms. The summed E-state index contributed by atoms with van der Waals surface area (Å²) in [6, 6.07) is 0.0573. The third-order valence-electron chi connectivity index (χ3n) is 3.40. The first-order valence-corrected chi connectivity index (χ1v) is 7.38. The van der Waals surface area contributed by atoms with Crippen LogP contribution in [0.25, 0.3) is 0 Å². The first-order valence-electron chi connectivity index (χ1n) is 7.38. The van der Waals surface area contributed by atoms with Gasteiger partial charge in [0, 0.05) is 6.54 Å². The largest absolute Gasteiger partial charge is 0.444 e. The number of likely N-dealkylation sites (tertiary alicyclic amines) is 1. The zero-order valence-corrected chi connectivity index (χ0v) is 12.9. The Bertz CT molecular complexity index is 481. The van der Waals surface area contributed by atoms with Gasteiger partial charge in [0.05, 0.1) is 25.4 Å². The molecule has 1 fully saturated rings. The summed E-state index contributed by atoms with van der Waals surface area (Å²) in [6.45, 7) is 6.77. The molecule has 118 valence electrons. The van der Waals surface area contributed by atoms with Gasteiger partial charge in [0.15, 0.2) is 0 Å². The first-order chi connectivity index (χ1) is 9.89. The summed E-state index contributed by atoms with van der Waals surface area (Å²) in [5.41, 5.74) is 0.0470. The van der Waals surface area contributed by atoms with Crippen LogP contribution in [0.1, 0.15) is 45.7 Å². The van der Waals surface area contributed by atoms with Crippen molar-refractivity contribution in [1.29, 1.82) is 0 Å². The number of aliphatic hydroxyl groups is 1. The molecule has 0 spiro atoms. The fourth-order valence-electron chi connectivity index (χ4n) is 2.47. The predicted octanol–water partition coefficient (Wildman–Crippen LogP) is 1.56. The molecule has 2 heterocycles. The number of carbonyl (C=O) groups is 1. The van der Waals surface area contributed by atoms with Crippen LogP contribution in [0.2, 0.25) is 0 Å². The Morgan fingerprint density at radius 2 is 2.24 bits per heavy atom. The van der Waals surface area contributed by atoms with Gasteiger partial charge >= 0.3 is 6.09 Å². The number of hydrogen-bond donors (Lipinski definition) is 1. The van der Waals surface area contributed by atoms with Crippen LogP contribution in [0, 0.1) is 0 Å². The van der Waals surface area contributed by atoms with Gasteiger partial charge in [0.2, 0.25) is 0 Å².